The Hall–Kier alpha value is -1.13. The highest BCUT2D eigenvalue weighted by Gasteiger charge is 2.33. The third-order valence-corrected chi connectivity index (χ3v) is 5.75. The summed E-state index contributed by atoms with van der Waals surface area (Å²) in [5, 5.41) is 10.7. The van der Waals surface area contributed by atoms with E-state index in [0.717, 1.165) is 24.1 Å². The largest absolute Gasteiger partial charge is 0.478 e. The molecule has 1 aromatic rings. The normalized spacial score (nSPS) is 26.9. The lowest BCUT2D eigenvalue weighted by Gasteiger charge is -2.44. The Labute approximate surface area is 130 Å². The maximum Gasteiger partial charge on any atom is 0.328 e. The van der Waals surface area contributed by atoms with Crippen molar-refractivity contribution in [2.24, 2.45) is 5.92 Å². The number of carboxylic acid groups (broad SMARTS) is 1. The molecule has 1 aliphatic heterocycles. The fourth-order valence-corrected chi connectivity index (χ4v) is 4.74. The molecule has 1 saturated heterocycles. The molecule has 3 nitrogen and oxygen atoms in total. The van der Waals surface area contributed by atoms with Crippen LogP contribution in [0.3, 0.4) is 0 Å². The average Bonchev–Trinajstić information content (AvgIpc) is 2.93. The highest BCUT2D eigenvalue weighted by molar-refractivity contribution is 7.10. The highest BCUT2D eigenvalue weighted by Crippen LogP contribution is 2.36. The van der Waals surface area contributed by atoms with Crippen LogP contribution in [0.25, 0.3) is 6.08 Å². The fourth-order valence-electron chi connectivity index (χ4n) is 3.86. The third kappa shape index (κ3) is 3.74. The van der Waals surface area contributed by atoms with E-state index in [2.05, 4.69) is 16.3 Å². The predicted molar refractivity (Wildman–Crippen MR) is 86.4 cm³/mol. The molecular formula is C17H23NO2S. The van der Waals surface area contributed by atoms with Crippen molar-refractivity contribution in [1.82, 2.24) is 4.90 Å². The molecule has 1 aliphatic carbocycles. The van der Waals surface area contributed by atoms with Crippen molar-refractivity contribution >= 4 is 23.4 Å². The molecule has 0 spiro atoms. The van der Waals surface area contributed by atoms with Crippen molar-refractivity contribution in [3.05, 3.63) is 28.0 Å². The summed E-state index contributed by atoms with van der Waals surface area (Å²) in [4.78, 5) is 14.6. The summed E-state index contributed by atoms with van der Waals surface area (Å²) in [5.74, 6) is 0.0302. The second-order valence-electron chi connectivity index (χ2n) is 6.24. The van der Waals surface area contributed by atoms with E-state index in [1.54, 1.807) is 17.4 Å². The SMILES string of the molecule is O=C(O)/C=C/c1csc(CN2CCC[C@H]3CCCC[C@H]32)c1. The van der Waals surface area contributed by atoms with Crippen LogP contribution in [0.1, 0.15) is 49.0 Å². The Morgan fingerprint density at radius 2 is 2.14 bits per heavy atom. The minimum Gasteiger partial charge on any atom is -0.478 e. The first-order chi connectivity index (χ1) is 10.2. The number of nitrogens with zero attached hydrogens (tertiary/aromatic N) is 1. The summed E-state index contributed by atoms with van der Waals surface area (Å²) in [5.41, 5.74) is 1.01. The number of aliphatic carboxylic acids is 1. The highest BCUT2D eigenvalue weighted by atomic mass is 32.1. The van der Waals surface area contributed by atoms with Crippen LogP contribution in [0.15, 0.2) is 17.5 Å². The molecule has 21 heavy (non-hydrogen) atoms. The standard InChI is InChI=1S/C17H23NO2S/c19-17(20)8-7-13-10-15(21-12-13)11-18-9-3-5-14-4-1-2-6-16(14)18/h7-8,10,12,14,16H,1-6,9,11H2,(H,19,20)/b8-7+/t14-,16-/m1/s1. The van der Waals surface area contributed by atoms with Gasteiger partial charge < -0.3 is 5.11 Å². The number of carbonyl (C=O) groups is 1. The predicted octanol–water partition coefficient (Wildman–Crippen LogP) is 4.00. The maximum absolute atomic E-state index is 10.6. The third-order valence-electron chi connectivity index (χ3n) is 4.81. The lowest BCUT2D eigenvalue weighted by Crippen LogP contribution is -2.46. The van der Waals surface area contributed by atoms with Gasteiger partial charge in [0.1, 0.15) is 0 Å². The molecule has 1 aromatic heterocycles. The zero-order valence-electron chi connectivity index (χ0n) is 12.3. The number of fused-ring (bicyclic) bond motifs is 1. The topological polar surface area (TPSA) is 40.5 Å². The van der Waals surface area contributed by atoms with Crippen LogP contribution < -0.4 is 0 Å². The molecular weight excluding hydrogens is 282 g/mol. The zero-order valence-corrected chi connectivity index (χ0v) is 13.1. The van der Waals surface area contributed by atoms with Crippen molar-refractivity contribution < 1.29 is 9.90 Å². The molecule has 1 N–H and O–H groups in total. The van der Waals surface area contributed by atoms with Gasteiger partial charge in [-0.3, -0.25) is 4.90 Å². The molecule has 2 fully saturated rings. The molecule has 0 aromatic carbocycles. The van der Waals surface area contributed by atoms with Gasteiger partial charge in [0.05, 0.1) is 0 Å². The van der Waals surface area contributed by atoms with Crippen molar-refractivity contribution in [2.75, 3.05) is 6.54 Å². The Morgan fingerprint density at radius 1 is 1.33 bits per heavy atom. The van der Waals surface area contributed by atoms with Crippen LogP contribution in [0, 0.1) is 5.92 Å². The molecule has 2 heterocycles. The Balaban J connectivity index is 1.64. The van der Waals surface area contributed by atoms with Gasteiger partial charge in [0.2, 0.25) is 0 Å². The van der Waals surface area contributed by atoms with Crippen LogP contribution in [0.2, 0.25) is 0 Å². The van der Waals surface area contributed by atoms with Gasteiger partial charge in [-0.2, -0.15) is 0 Å². The molecule has 2 atom stereocenters. The van der Waals surface area contributed by atoms with Crippen molar-refractivity contribution in [3.8, 4) is 0 Å². The van der Waals surface area contributed by atoms with E-state index in [9.17, 15) is 4.79 Å². The smallest absolute Gasteiger partial charge is 0.328 e. The Bertz CT molecular complexity index is 521. The molecule has 0 amide bonds. The molecule has 1 saturated carbocycles. The second-order valence-corrected chi connectivity index (χ2v) is 7.24. The van der Waals surface area contributed by atoms with Gasteiger partial charge in [-0.25, -0.2) is 4.79 Å². The van der Waals surface area contributed by atoms with Gasteiger partial charge in [-0.15, -0.1) is 11.3 Å². The number of hydrogen-bond donors (Lipinski definition) is 1. The van der Waals surface area contributed by atoms with E-state index >= 15 is 0 Å². The first-order valence-electron chi connectivity index (χ1n) is 7.95. The van der Waals surface area contributed by atoms with Crippen LogP contribution in [0.5, 0.6) is 0 Å². The number of rotatable bonds is 4. The van der Waals surface area contributed by atoms with E-state index in [-0.39, 0.29) is 0 Å². The summed E-state index contributed by atoms with van der Waals surface area (Å²) in [6.07, 6.45) is 11.2. The Morgan fingerprint density at radius 3 is 3.00 bits per heavy atom. The molecule has 0 unspecified atom stereocenters. The summed E-state index contributed by atoms with van der Waals surface area (Å²) in [6.45, 7) is 2.26. The number of thiophene rings is 1. The first-order valence-corrected chi connectivity index (χ1v) is 8.83. The number of hydrogen-bond acceptors (Lipinski definition) is 3. The van der Waals surface area contributed by atoms with Crippen LogP contribution in [-0.4, -0.2) is 28.6 Å². The lowest BCUT2D eigenvalue weighted by molar-refractivity contribution is -0.131. The van der Waals surface area contributed by atoms with Gasteiger partial charge in [-0.1, -0.05) is 12.8 Å². The van der Waals surface area contributed by atoms with Gasteiger partial charge in [0.25, 0.3) is 0 Å². The Kier molecular flexibility index (Phi) is 4.76. The minimum absolute atomic E-state index is 0.785. The van der Waals surface area contributed by atoms with E-state index in [1.165, 1.54) is 56.0 Å². The van der Waals surface area contributed by atoms with Gasteiger partial charge in [0.15, 0.2) is 0 Å². The zero-order chi connectivity index (χ0) is 14.7. The summed E-state index contributed by atoms with van der Waals surface area (Å²) < 4.78 is 0. The monoisotopic (exact) mass is 305 g/mol. The van der Waals surface area contributed by atoms with Gasteiger partial charge in [0, 0.05) is 23.5 Å². The number of likely N-dealkylation sites (tertiary alicyclic amines) is 1. The van der Waals surface area contributed by atoms with E-state index in [4.69, 9.17) is 5.11 Å². The van der Waals surface area contributed by atoms with Gasteiger partial charge in [-0.05, 0) is 61.2 Å². The number of carboxylic acids is 1. The molecule has 2 aliphatic rings. The van der Waals surface area contributed by atoms with Crippen LogP contribution in [-0.2, 0) is 11.3 Å². The van der Waals surface area contributed by atoms with E-state index in [1.807, 2.05) is 0 Å². The molecule has 114 valence electrons. The van der Waals surface area contributed by atoms with Crippen molar-refractivity contribution in [2.45, 2.75) is 51.1 Å². The molecule has 0 bridgehead atoms. The summed E-state index contributed by atoms with van der Waals surface area (Å²) >= 11 is 1.75. The summed E-state index contributed by atoms with van der Waals surface area (Å²) in [6, 6.07) is 2.92. The van der Waals surface area contributed by atoms with Crippen LogP contribution in [0.4, 0.5) is 0 Å². The van der Waals surface area contributed by atoms with Crippen LogP contribution >= 0.6 is 11.3 Å². The van der Waals surface area contributed by atoms with Crippen molar-refractivity contribution in [1.29, 1.82) is 0 Å². The quantitative estimate of drug-likeness (QED) is 0.855. The summed E-state index contributed by atoms with van der Waals surface area (Å²) in [7, 11) is 0. The van der Waals surface area contributed by atoms with Crippen molar-refractivity contribution in [3.63, 3.8) is 0 Å². The maximum atomic E-state index is 10.6. The first kappa shape index (κ1) is 14.8. The second kappa shape index (κ2) is 6.75. The lowest BCUT2D eigenvalue weighted by atomic mass is 9.78. The minimum atomic E-state index is -0.885. The average molecular weight is 305 g/mol. The molecule has 4 heteroatoms. The van der Waals surface area contributed by atoms with E-state index < -0.39 is 5.97 Å². The number of piperidine rings is 1. The molecule has 0 radical (unpaired) electrons. The van der Waals surface area contributed by atoms with Gasteiger partial charge >= 0.3 is 5.97 Å². The van der Waals surface area contributed by atoms with E-state index in [0.29, 0.717) is 0 Å². The fraction of sp³-hybridized carbons (Fsp3) is 0.588. The molecule has 3 rings (SSSR count).